The zero-order valence-electron chi connectivity index (χ0n) is 16.1. The molecule has 6 N–H and O–H groups in total. The van der Waals surface area contributed by atoms with Crippen molar-refractivity contribution in [2.24, 2.45) is 29.4 Å². The van der Waals surface area contributed by atoms with E-state index in [1.807, 2.05) is 0 Å². The smallest absolute Gasteiger partial charge is 0.319 e. The minimum atomic E-state index is -0.601. The van der Waals surface area contributed by atoms with Gasteiger partial charge in [-0.15, -0.1) is 0 Å². The Hall–Kier alpha value is -3.43. The number of urea groups is 1. The summed E-state index contributed by atoms with van der Waals surface area (Å²) in [5.41, 5.74) is 6.92. The van der Waals surface area contributed by atoms with Crippen molar-refractivity contribution in [3.8, 4) is 0 Å². The minimum absolute atomic E-state index is 0.0308. The number of rotatable bonds is 1. The van der Waals surface area contributed by atoms with Crippen molar-refractivity contribution < 1.29 is 14.0 Å². The highest BCUT2D eigenvalue weighted by molar-refractivity contribution is 5.90. The molecule has 3 amide bonds. The molecule has 3 aliphatic rings. The molecule has 0 spiro atoms. The van der Waals surface area contributed by atoms with Gasteiger partial charge in [-0.05, 0) is 48.8 Å². The summed E-state index contributed by atoms with van der Waals surface area (Å²) < 4.78 is 14.5. The van der Waals surface area contributed by atoms with Crippen LogP contribution in [0.1, 0.15) is 12.8 Å². The van der Waals surface area contributed by atoms with Gasteiger partial charge >= 0.3 is 6.03 Å². The molecule has 30 heavy (non-hydrogen) atoms. The minimum Gasteiger partial charge on any atom is -0.369 e. The van der Waals surface area contributed by atoms with Gasteiger partial charge < -0.3 is 27.0 Å². The molecule has 1 aliphatic heterocycles. The van der Waals surface area contributed by atoms with Crippen LogP contribution in [-0.4, -0.2) is 34.5 Å². The number of nitrogens with one attached hydrogen (secondary N) is 4. The van der Waals surface area contributed by atoms with Gasteiger partial charge in [-0.1, -0.05) is 6.07 Å². The highest BCUT2D eigenvalue weighted by Gasteiger charge is 2.54. The summed E-state index contributed by atoms with van der Waals surface area (Å²) in [6.45, 7) is 0.464. The summed E-state index contributed by atoms with van der Waals surface area (Å²) in [7, 11) is 0. The number of carbonyl (C=O) groups is 2. The fraction of sp³-hybridized carbons (Fsp3) is 0.400. The Morgan fingerprint density at radius 3 is 2.77 bits per heavy atom. The first-order valence-electron chi connectivity index (χ1n) is 9.98. The molecular formula is C20H22FN7O2. The Morgan fingerprint density at radius 1 is 1.17 bits per heavy atom. The molecular weight excluding hydrogens is 389 g/mol. The Labute approximate surface area is 172 Å². The van der Waals surface area contributed by atoms with Crippen molar-refractivity contribution >= 4 is 35.1 Å². The predicted molar refractivity (Wildman–Crippen MR) is 109 cm³/mol. The number of fused-ring (bicyclic) bond motifs is 5. The molecule has 2 aliphatic carbocycles. The Kier molecular flexibility index (Phi) is 4.41. The fourth-order valence-corrected chi connectivity index (χ4v) is 5.22. The molecule has 2 fully saturated rings. The van der Waals surface area contributed by atoms with Gasteiger partial charge in [-0.3, -0.25) is 4.79 Å². The zero-order chi connectivity index (χ0) is 20.8. The summed E-state index contributed by atoms with van der Waals surface area (Å²) in [6.07, 6.45) is 2.69. The lowest BCUT2D eigenvalue weighted by molar-refractivity contribution is -0.123. The van der Waals surface area contributed by atoms with Crippen LogP contribution < -0.4 is 27.0 Å². The third kappa shape index (κ3) is 3.27. The van der Waals surface area contributed by atoms with Crippen molar-refractivity contribution in [1.82, 2.24) is 15.3 Å². The van der Waals surface area contributed by atoms with E-state index in [2.05, 4.69) is 31.2 Å². The van der Waals surface area contributed by atoms with Crippen LogP contribution in [0.4, 0.5) is 32.3 Å². The van der Waals surface area contributed by atoms with Crippen molar-refractivity contribution in [2.75, 3.05) is 22.5 Å². The number of hydrogen-bond donors (Lipinski definition) is 5. The van der Waals surface area contributed by atoms with Gasteiger partial charge in [0.25, 0.3) is 0 Å². The van der Waals surface area contributed by atoms with Crippen LogP contribution >= 0.6 is 0 Å². The summed E-state index contributed by atoms with van der Waals surface area (Å²) in [6, 6.07) is 6.41. The number of halogens is 1. The van der Waals surface area contributed by atoms with Crippen LogP contribution in [0.25, 0.3) is 0 Å². The number of nitrogens with two attached hydrogens (primary N) is 1. The molecule has 0 unspecified atom stereocenters. The van der Waals surface area contributed by atoms with Gasteiger partial charge in [0.2, 0.25) is 11.9 Å². The average molecular weight is 411 g/mol. The Bertz CT molecular complexity index is 1020. The van der Waals surface area contributed by atoms with E-state index in [0.29, 0.717) is 17.9 Å². The van der Waals surface area contributed by atoms with E-state index in [1.54, 1.807) is 24.3 Å². The summed E-state index contributed by atoms with van der Waals surface area (Å²) >= 11 is 0. The number of carbonyl (C=O) groups excluding carboxylic acids is 2. The number of aromatic nitrogens is 2. The molecule has 2 saturated carbocycles. The van der Waals surface area contributed by atoms with E-state index in [1.165, 1.54) is 0 Å². The lowest BCUT2D eigenvalue weighted by Crippen LogP contribution is -2.47. The maximum atomic E-state index is 14.5. The molecule has 5 atom stereocenters. The molecule has 10 heteroatoms. The van der Waals surface area contributed by atoms with E-state index in [9.17, 15) is 14.0 Å². The zero-order valence-corrected chi connectivity index (χ0v) is 16.1. The molecule has 156 valence electrons. The quantitative estimate of drug-likeness (QED) is 0.487. The summed E-state index contributed by atoms with van der Waals surface area (Å²) in [4.78, 5) is 32.8. The van der Waals surface area contributed by atoms with E-state index in [-0.39, 0.29) is 41.6 Å². The molecule has 0 saturated heterocycles. The highest BCUT2D eigenvalue weighted by atomic mass is 19.1. The second-order valence-corrected chi connectivity index (χ2v) is 8.18. The van der Waals surface area contributed by atoms with Crippen LogP contribution in [0.5, 0.6) is 0 Å². The summed E-state index contributed by atoms with van der Waals surface area (Å²) in [5, 5.41) is 11.9. The first-order valence-corrected chi connectivity index (χ1v) is 9.98. The first kappa shape index (κ1) is 18.6. The molecule has 5 rings (SSSR count). The molecule has 0 radical (unpaired) electrons. The topological polar surface area (TPSA) is 134 Å². The van der Waals surface area contributed by atoms with Crippen LogP contribution in [0, 0.1) is 29.5 Å². The maximum Gasteiger partial charge on any atom is 0.319 e. The Morgan fingerprint density at radius 2 is 1.97 bits per heavy atom. The van der Waals surface area contributed by atoms with Gasteiger partial charge in [-0.25, -0.2) is 14.2 Å². The molecule has 9 nitrogen and oxygen atoms in total. The van der Waals surface area contributed by atoms with E-state index >= 15 is 0 Å². The number of primary amides is 1. The second-order valence-electron chi connectivity index (χ2n) is 8.18. The van der Waals surface area contributed by atoms with Crippen LogP contribution in [0.15, 0.2) is 30.5 Å². The lowest BCUT2D eigenvalue weighted by Gasteiger charge is -2.35. The van der Waals surface area contributed by atoms with Crippen LogP contribution in [0.3, 0.4) is 0 Å². The molecule has 1 aromatic carbocycles. The number of benzene rings is 1. The maximum absolute atomic E-state index is 14.5. The van der Waals surface area contributed by atoms with Crippen molar-refractivity contribution in [1.29, 1.82) is 0 Å². The normalized spacial score (nSPS) is 29.5. The van der Waals surface area contributed by atoms with Crippen LogP contribution in [-0.2, 0) is 4.79 Å². The SMILES string of the molecule is NC(=O)[C@H]1[C@@H]2C[C@H]3CNC(=O)Nc4cccc(c4)Nc4ncc(F)c(n4)N[C@@H]1[C@@H]3C2. The van der Waals surface area contributed by atoms with Gasteiger partial charge in [-0.2, -0.15) is 4.98 Å². The lowest BCUT2D eigenvalue weighted by atomic mass is 9.77. The van der Waals surface area contributed by atoms with Gasteiger partial charge in [0, 0.05) is 24.0 Å². The molecule has 1 aromatic heterocycles. The molecule has 2 aromatic rings. The van der Waals surface area contributed by atoms with Crippen molar-refractivity contribution in [3.63, 3.8) is 0 Å². The third-order valence-corrected chi connectivity index (χ3v) is 6.42. The highest BCUT2D eigenvalue weighted by Crippen LogP contribution is 2.52. The molecule has 2 heterocycles. The number of amides is 3. The van der Waals surface area contributed by atoms with Gasteiger partial charge in [0.1, 0.15) is 0 Å². The van der Waals surface area contributed by atoms with E-state index < -0.39 is 17.6 Å². The first-order chi connectivity index (χ1) is 14.5. The predicted octanol–water partition coefficient (Wildman–Crippen LogP) is 2.03. The monoisotopic (exact) mass is 411 g/mol. The standard InChI is InChI=1S/C20H22FN7O2/c21-14-8-23-19-25-11-2-1-3-12(6-11)26-20(30)24-7-10-4-9-5-13(10)16(15(9)17(22)29)27-18(14)28-19/h1-3,6,8-10,13,15-16H,4-5,7H2,(H2,22,29)(H2,24,26,30)(H2,23,25,27,28)/t9-,10+,13-,15+,16-/m1/s1. The largest absolute Gasteiger partial charge is 0.369 e. The van der Waals surface area contributed by atoms with E-state index in [0.717, 1.165) is 19.0 Å². The van der Waals surface area contributed by atoms with Crippen LogP contribution in [0.2, 0.25) is 0 Å². The number of nitrogens with zero attached hydrogens (tertiary/aromatic N) is 2. The van der Waals surface area contributed by atoms with Gasteiger partial charge in [0.05, 0.1) is 12.1 Å². The second kappa shape index (κ2) is 7.12. The summed E-state index contributed by atoms with van der Waals surface area (Å²) in [5.74, 6) is -0.835. The van der Waals surface area contributed by atoms with Crippen molar-refractivity contribution in [2.45, 2.75) is 18.9 Å². The Balaban J connectivity index is 1.53. The number of hydrogen-bond acceptors (Lipinski definition) is 6. The molecule has 6 bridgehead atoms. The number of anilines is 4. The van der Waals surface area contributed by atoms with E-state index in [4.69, 9.17) is 5.73 Å². The fourth-order valence-electron chi connectivity index (χ4n) is 5.22. The van der Waals surface area contributed by atoms with Gasteiger partial charge in [0.15, 0.2) is 11.6 Å². The third-order valence-electron chi connectivity index (χ3n) is 6.42. The van der Waals surface area contributed by atoms with Crippen molar-refractivity contribution in [3.05, 3.63) is 36.3 Å². The average Bonchev–Trinajstić information content (AvgIpc) is 3.27.